The third-order valence-corrected chi connectivity index (χ3v) is 10.7. The Morgan fingerprint density at radius 2 is 1.93 bits per heavy atom. The van der Waals surface area contributed by atoms with Gasteiger partial charge in [-0.05, 0) is 48.8 Å². The van der Waals surface area contributed by atoms with Crippen LogP contribution in [0.2, 0.25) is 18.1 Å². The SMILES string of the molecule is Cn1c(CO[Si](C)(C)C(C)(C)C)cc2cc3c(cc21)N(C(=O)O)CCC=CC3=O. The van der Waals surface area contributed by atoms with Crippen molar-refractivity contribution in [2.24, 2.45) is 7.05 Å². The van der Waals surface area contributed by atoms with E-state index in [0.717, 1.165) is 16.6 Å². The third-order valence-electron chi connectivity index (χ3n) is 6.22. The van der Waals surface area contributed by atoms with Gasteiger partial charge >= 0.3 is 6.09 Å². The summed E-state index contributed by atoms with van der Waals surface area (Å²) in [5, 5.41) is 10.7. The monoisotopic (exact) mass is 414 g/mol. The molecular weight excluding hydrogens is 384 g/mol. The first kappa shape index (κ1) is 21.3. The van der Waals surface area contributed by atoms with E-state index < -0.39 is 14.4 Å². The number of carbonyl (C=O) groups excluding carboxylic acids is 1. The van der Waals surface area contributed by atoms with Gasteiger partial charge in [0.05, 0.1) is 17.8 Å². The minimum atomic E-state index is -1.90. The zero-order chi connectivity index (χ0) is 21.6. The summed E-state index contributed by atoms with van der Waals surface area (Å²) in [6.45, 7) is 11.9. The predicted molar refractivity (Wildman–Crippen MR) is 118 cm³/mol. The molecule has 0 bridgehead atoms. The Kier molecular flexibility index (Phi) is 5.49. The quantitative estimate of drug-likeness (QED) is 0.689. The number of hydrogen-bond donors (Lipinski definition) is 1. The number of benzene rings is 1. The first-order valence-corrected chi connectivity index (χ1v) is 12.8. The number of nitrogens with zero attached hydrogens (tertiary/aromatic N) is 2. The zero-order valence-corrected chi connectivity index (χ0v) is 19.1. The standard InChI is InChI=1S/C22H30N2O4Si/c1-22(2,3)29(5,6)28-14-16-11-15-12-17-19(13-18(15)23(16)4)24(21(26)27)10-8-7-9-20(17)25/h7,9,11-13H,8,10,14H2,1-6H3,(H,26,27). The molecule has 0 spiro atoms. The Morgan fingerprint density at radius 1 is 1.24 bits per heavy atom. The van der Waals surface area contributed by atoms with Crippen LogP contribution in [0.5, 0.6) is 0 Å². The molecule has 3 rings (SSSR count). The molecule has 1 aliphatic heterocycles. The van der Waals surface area contributed by atoms with Crippen molar-refractivity contribution >= 4 is 36.8 Å². The highest BCUT2D eigenvalue weighted by molar-refractivity contribution is 6.74. The highest BCUT2D eigenvalue weighted by Gasteiger charge is 2.37. The van der Waals surface area contributed by atoms with Crippen molar-refractivity contribution in [2.45, 2.75) is 51.9 Å². The summed E-state index contributed by atoms with van der Waals surface area (Å²) in [5.41, 5.74) is 2.75. The number of anilines is 1. The maximum Gasteiger partial charge on any atom is 0.411 e. The summed E-state index contributed by atoms with van der Waals surface area (Å²) in [6, 6.07) is 5.64. The van der Waals surface area contributed by atoms with Crippen LogP contribution in [0.25, 0.3) is 10.9 Å². The lowest BCUT2D eigenvalue weighted by molar-refractivity contribution is 0.104. The smallest absolute Gasteiger partial charge is 0.411 e. The summed E-state index contributed by atoms with van der Waals surface area (Å²) in [7, 11) is 0.0553. The normalized spacial score (nSPS) is 15.4. The molecule has 0 unspecified atom stereocenters. The van der Waals surface area contributed by atoms with Crippen LogP contribution in [0.4, 0.5) is 10.5 Å². The molecule has 2 heterocycles. The number of amides is 1. The lowest BCUT2D eigenvalue weighted by atomic mass is 10.0. The molecule has 7 heteroatoms. The minimum absolute atomic E-state index is 0.119. The summed E-state index contributed by atoms with van der Waals surface area (Å²) in [5.74, 6) is -0.171. The molecule has 6 nitrogen and oxygen atoms in total. The van der Waals surface area contributed by atoms with Crippen LogP contribution in [-0.2, 0) is 18.1 Å². The Labute approximate surface area is 172 Å². The molecule has 29 heavy (non-hydrogen) atoms. The summed E-state index contributed by atoms with van der Waals surface area (Å²) in [6.07, 6.45) is 2.72. The van der Waals surface area contributed by atoms with Gasteiger partial charge in [0.2, 0.25) is 0 Å². The molecule has 1 amide bonds. The molecule has 0 radical (unpaired) electrons. The molecule has 156 valence electrons. The summed E-state index contributed by atoms with van der Waals surface area (Å²) in [4.78, 5) is 25.6. The van der Waals surface area contributed by atoms with Gasteiger partial charge in [0.25, 0.3) is 0 Å². The van der Waals surface area contributed by atoms with E-state index in [1.165, 1.54) is 11.0 Å². The minimum Gasteiger partial charge on any atom is -0.465 e. The topological polar surface area (TPSA) is 71.8 Å². The Morgan fingerprint density at radius 3 is 2.55 bits per heavy atom. The van der Waals surface area contributed by atoms with Crippen molar-refractivity contribution in [2.75, 3.05) is 11.4 Å². The van der Waals surface area contributed by atoms with Gasteiger partial charge in [-0.15, -0.1) is 0 Å². The van der Waals surface area contributed by atoms with E-state index in [9.17, 15) is 14.7 Å². The van der Waals surface area contributed by atoms with Gasteiger partial charge in [0.1, 0.15) is 0 Å². The highest BCUT2D eigenvalue weighted by Crippen LogP contribution is 2.37. The number of fused-ring (bicyclic) bond motifs is 2. The average Bonchev–Trinajstić information content (AvgIpc) is 2.91. The fraction of sp³-hybridized carbons (Fsp3) is 0.455. The maximum atomic E-state index is 12.6. The Hall–Kier alpha value is -2.38. The van der Waals surface area contributed by atoms with Crippen molar-refractivity contribution in [3.63, 3.8) is 0 Å². The second-order valence-electron chi connectivity index (χ2n) is 9.16. The van der Waals surface area contributed by atoms with Crippen LogP contribution in [0, 0.1) is 0 Å². The van der Waals surface area contributed by atoms with E-state index in [4.69, 9.17) is 4.43 Å². The predicted octanol–water partition coefficient (Wildman–Crippen LogP) is 5.33. The van der Waals surface area contributed by atoms with Crippen molar-refractivity contribution in [1.29, 1.82) is 0 Å². The molecule has 0 atom stereocenters. The highest BCUT2D eigenvalue weighted by atomic mass is 28.4. The average molecular weight is 415 g/mol. The lowest BCUT2D eigenvalue weighted by Gasteiger charge is -2.36. The van der Waals surface area contributed by atoms with Crippen LogP contribution >= 0.6 is 0 Å². The molecule has 1 aromatic carbocycles. The van der Waals surface area contributed by atoms with Crippen LogP contribution in [-0.4, -0.2) is 36.4 Å². The lowest BCUT2D eigenvalue weighted by Crippen LogP contribution is -2.40. The molecule has 1 aromatic heterocycles. The first-order chi connectivity index (χ1) is 13.4. The van der Waals surface area contributed by atoms with Crippen LogP contribution in [0.15, 0.2) is 30.4 Å². The van der Waals surface area contributed by atoms with Crippen LogP contribution < -0.4 is 4.90 Å². The van der Waals surface area contributed by atoms with E-state index in [1.807, 2.05) is 23.7 Å². The second kappa shape index (κ2) is 7.46. The van der Waals surface area contributed by atoms with Gasteiger partial charge < -0.3 is 14.1 Å². The molecule has 1 aliphatic rings. The number of hydrogen-bond acceptors (Lipinski definition) is 3. The fourth-order valence-corrected chi connectivity index (χ4v) is 4.21. The molecule has 1 N–H and O–H groups in total. The largest absolute Gasteiger partial charge is 0.465 e. The fourth-order valence-electron chi connectivity index (χ4n) is 3.26. The van der Waals surface area contributed by atoms with Gasteiger partial charge in [0, 0.05) is 30.2 Å². The van der Waals surface area contributed by atoms with E-state index in [1.54, 1.807) is 12.1 Å². The number of aryl methyl sites for hydroxylation is 1. The van der Waals surface area contributed by atoms with Crippen molar-refractivity contribution in [3.8, 4) is 0 Å². The molecule has 0 saturated carbocycles. The van der Waals surface area contributed by atoms with Gasteiger partial charge in [0.15, 0.2) is 14.1 Å². The Balaban J connectivity index is 2.06. The van der Waals surface area contributed by atoms with Gasteiger partial charge in [-0.3, -0.25) is 9.69 Å². The number of ketones is 1. The van der Waals surface area contributed by atoms with Gasteiger partial charge in [-0.2, -0.15) is 0 Å². The number of allylic oxidation sites excluding steroid dienone is 1. The third kappa shape index (κ3) is 4.02. The van der Waals surface area contributed by atoms with Gasteiger partial charge in [-0.1, -0.05) is 26.8 Å². The molecular formula is C22H30N2O4Si. The molecule has 0 saturated heterocycles. The maximum absolute atomic E-state index is 12.6. The Bertz CT molecular complexity index is 998. The van der Waals surface area contributed by atoms with Crippen molar-refractivity contribution < 1.29 is 19.1 Å². The first-order valence-electron chi connectivity index (χ1n) is 9.90. The van der Waals surface area contributed by atoms with Crippen molar-refractivity contribution in [1.82, 2.24) is 4.57 Å². The number of carbonyl (C=O) groups is 2. The van der Waals surface area contributed by atoms with E-state index >= 15 is 0 Å². The van der Waals surface area contributed by atoms with Crippen LogP contribution in [0.3, 0.4) is 0 Å². The van der Waals surface area contributed by atoms with E-state index in [2.05, 4.69) is 33.9 Å². The molecule has 0 fully saturated rings. The second-order valence-corrected chi connectivity index (χ2v) is 14.0. The number of carboxylic acid groups (broad SMARTS) is 1. The van der Waals surface area contributed by atoms with E-state index in [-0.39, 0.29) is 10.8 Å². The molecule has 0 aliphatic carbocycles. The number of rotatable bonds is 3. The summed E-state index contributed by atoms with van der Waals surface area (Å²) >= 11 is 0. The van der Waals surface area contributed by atoms with Crippen LogP contribution in [0.1, 0.15) is 43.2 Å². The summed E-state index contributed by atoms with van der Waals surface area (Å²) < 4.78 is 8.40. The number of aromatic nitrogens is 1. The zero-order valence-electron chi connectivity index (χ0n) is 18.1. The van der Waals surface area contributed by atoms with Crippen molar-refractivity contribution in [3.05, 3.63) is 41.6 Å². The van der Waals surface area contributed by atoms with E-state index in [0.29, 0.717) is 30.8 Å². The molecule has 2 aromatic rings. The van der Waals surface area contributed by atoms with Gasteiger partial charge in [-0.25, -0.2) is 4.79 Å².